The SMILES string of the molecule is O=C(O)[C@H]1CC[C@@H](C(=O)N2CCN(Cc3ccc(Cl)cc3)C(=O)C2)O1. The topological polar surface area (TPSA) is 87.2 Å². The molecule has 0 bridgehead atoms. The van der Waals surface area contributed by atoms with Crippen molar-refractivity contribution in [2.24, 2.45) is 0 Å². The Kier molecular flexibility index (Phi) is 5.24. The second kappa shape index (κ2) is 7.41. The molecule has 7 nitrogen and oxygen atoms in total. The number of benzene rings is 1. The summed E-state index contributed by atoms with van der Waals surface area (Å²) in [5, 5.41) is 9.58. The van der Waals surface area contributed by atoms with Gasteiger partial charge in [-0.2, -0.15) is 0 Å². The number of ether oxygens (including phenoxy) is 1. The molecular weight excluding hydrogens is 348 g/mol. The van der Waals surface area contributed by atoms with Crippen molar-refractivity contribution in [2.75, 3.05) is 19.6 Å². The van der Waals surface area contributed by atoms with Crippen LogP contribution in [0.4, 0.5) is 0 Å². The smallest absolute Gasteiger partial charge is 0.332 e. The summed E-state index contributed by atoms with van der Waals surface area (Å²) in [7, 11) is 0. The number of hydrogen-bond donors (Lipinski definition) is 1. The normalized spacial score (nSPS) is 23.8. The van der Waals surface area contributed by atoms with Crippen molar-refractivity contribution in [3.63, 3.8) is 0 Å². The number of amides is 2. The van der Waals surface area contributed by atoms with Gasteiger partial charge in [0.1, 0.15) is 6.10 Å². The highest BCUT2D eigenvalue weighted by Crippen LogP contribution is 2.22. The molecule has 134 valence electrons. The molecule has 0 unspecified atom stereocenters. The number of piperazine rings is 1. The summed E-state index contributed by atoms with van der Waals surface area (Å²) in [6, 6.07) is 7.28. The molecule has 3 rings (SSSR count). The fourth-order valence-electron chi connectivity index (χ4n) is 3.08. The van der Waals surface area contributed by atoms with Crippen molar-refractivity contribution in [2.45, 2.75) is 31.6 Å². The molecule has 0 radical (unpaired) electrons. The van der Waals surface area contributed by atoms with Gasteiger partial charge in [-0.25, -0.2) is 4.79 Å². The van der Waals surface area contributed by atoms with Gasteiger partial charge in [-0.3, -0.25) is 9.59 Å². The van der Waals surface area contributed by atoms with Gasteiger partial charge in [-0.1, -0.05) is 23.7 Å². The van der Waals surface area contributed by atoms with Gasteiger partial charge in [0.15, 0.2) is 6.10 Å². The van der Waals surface area contributed by atoms with Crippen LogP contribution < -0.4 is 0 Å². The molecule has 2 amide bonds. The number of carboxylic acids is 1. The van der Waals surface area contributed by atoms with E-state index < -0.39 is 18.2 Å². The van der Waals surface area contributed by atoms with Crippen LogP contribution in [0, 0.1) is 0 Å². The van der Waals surface area contributed by atoms with Gasteiger partial charge in [0, 0.05) is 24.7 Å². The number of nitrogens with zero attached hydrogens (tertiary/aromatic N) is 2. The molecule has 2 aliphatic heterocycles. The molecule has 0 spiro atoms. The standard InChI is InChI=1S/C17H19ClN2O5/c18-12-3-1-11(2-4-12)9-19-7-8-20(10-15(19)21)16(22)13-5-6-14(25-13)17(23)24/h1-4,13-14H,5-10H2,(H,23,24)/t13-,14+/m0/s1. The van der Waals surface area contributed by atoms with Gasteiger partial charge >= 0.3 is 5.97 Å². The van der Waals surface area contributed by atoms with Crippen LogP contribution >= 0.6 is 11.6 Å². The number of rotatable bonds is 4. The maximum Gasteiger partial charge on any atom is 0.332 e. The molecule has 2 atom stereocenters. The zero-order chi connectivity index (χ0) is 18.0. The highest BCUT2D eigenvalue weighted by atomic mass is 35.5. The molecule has 0 aromatic heterocycles. The number of carbonyl (C=O) groups is 3. The minimum atomic E-state index is -1.06. The Morgan fingerprint density at radius 2 is 1.84 bits per heavy atom. The lowest BCUT2D eigenvalue weighted by Gasteiger charge is -2.35. The van der Waals surface area contributed by atoms with Gasteiger partial charge in [0.05, 0.1) is 6.54 Å². The number of hydrogen-bond acceptors (Lipinski definition) is 4. The first-order valence-electron chi connectivity index (χ1n) is 8.13. The summed E-state index contributed by atoms with van der Waals surface area (Å²) in [4.78, 5) is 38.8. The maximum atomic E-state index is 12.4. The van der Waals surface area contributed by atoms with Gasteiger partial charge in [-0.15, -0.1) is 0 Å². The van der Waals surface area contributed by atoms with Crippen LogP contribution in [0.1, 0.15) is 18.4 Å². The zero-order valence-electron chi connectivity index (χ0n) is 13.6. The Hall–Kier alpha value is -2.12. The van der Waals surface area contributed by atoms with Gasteiger partial charge in [-0.05, 0) is 30.5 Å². The van der Waals surface area contributed by atoms with E-state index in [2.05, 4.69) is 0 Å². The predicted octanol–water partition coefficient (Wildman–Crippen LogP) is 1.14. The molecule has 1 aromatic carbocycles. The average Bonchev–Trinajstić information content (AvgIpc) is 3.08. The first-order valence-corrected chi connectivity index (χ1v) is 8.51. The van der Waals surface area contributed by atoms with E-state index in [1.165, 1.54) is 4.90 Å². The summed E-state index contributed by atoms with van der Waals surface area (Å²) in [5.41, 5.74) is 0.973. The Morgan fingerprint density at radius 1 is 1.16 bits per heavy atom. The predicted molar refractivity (Wildman–Crippen MR) is 89.0 cm³/mol. The van der Waals surface area contributed by atoms with Crippen LogP contribution in [0.3, 0.4) is 0 Å². The quantitative estimate of drug-likeness (QED) is 0.863. The molecule has 25 heavy (non-hydrogen) atoms. The minimum Gasteiger partial charge on any atom is -0.479 e. The Morgan fingerprint density at radius 3 is 2.44 bits per heavy atom. The van der Waals surface area contributed by atoms with E-state index >= 15 is 0 Å². The highest BCUT2D eigenvalue weighted by Gasteiger charge is 2.38. The van der Waals surface area contributed by atoms with E-state index in [0.29, 0.717) is 37.5 Å². The fraction of sp³-hybridized carbons (Fsp3) is 0.471. The summed E-state index contributed by atoms with van der Waals surface area (Å²) in [5.74, 6) is -1.50. The monoisotopic (exact) mass is 366 g/mol. The Balaban J connectivity index is 1.54. The second-order valence-corrected chi connectivity index (χ2v) is 6.67. The summed E-state index contributed by atoms with van der Waals surface area (Å²) in [6.45, 7) is 1.31. The van der Waals surface area contributed by atoms with Crippen molar-refractivity contribution >= 4 is 29.4 Å². The molecule has 0 aliphatic carbocycles. The molecule has 2 saturated heterocycles. The molecule has 0 saturated carbocycles. The van der Waals surface area contributed by atoms with Crippen LogP contribution in [0.5, 0.6) is 0 Å². The number of carboxylic acid groups (broad SMARTS) is 1. The summed E-state index contributed by atoms with van der Waals surface area (Å²) >= 11 is 5.86. The number of halogens is 1. The largest absolute Gasteiger partial charge is 0.479 e. The summed E-state index contributed by atoms with van der Waals surface area (Å²) < 4.78 is 5.28. The molecule has 2 heterocycles. The molecule has 2 aliphatic rings. The lowest BCUT2D eigenvalue weighted by molar-refractivity contribution is -0.158. The van der Waals surface area contributed by atoms with E-state index in [0.717, 1.165) is 5.56 Å². The number of aliphatic carboxylic acids is 1. The van der Waals surface area contributed by atoms with E-state index in [9.17, 15) is 14.4 Å². The first-order chi connectivity index (χ1) is 11.9. The third-order valence-electron chi connectivity index (χ3n) is 4.49. The highest BCUT2D eigenvalue weighted by molar-refractivity contribution is 6.30. The molecule has 8 heteroatoms. The zero-order valence-corrected chi connectivity index (χ0v) is 14.3. The van der Waals surface area contributed by atoms with Crippen molar-refractivity contribution in [1.29, 1.82) is 0 Å². The lowest BCUT2D eigenvalue weighted by atomic mass is 10.1. The Bertz CT molecular complexity index is 678. The van der Waals surface area contributed by atoms with Crippen LogP contribution in [0.15, 0.2) is 24.3 Å². The lowest BCUT2D eigenvalue weighted by Crippen LogP contribution is -2.54. The van der Waals surface area contributed by atoms with Gasteiger partial charge in [0.2, 0.25) is 5.91 Å². The van der Waals surface area contributed by atoms with Crippen molar-refractivity contribution < 1.29 is 24.2 Å². The number of carbonyl (C=O) groups excluding carboxylic acids is 2. The van der Waals surface area contributed by atoms with Crippen LogP contribution in [-0.2, 0) is 25.7 Å². The van der Waals surface area contributed by atoms with Crippen molar-refractivity contribution in [1.82, 2.24) is 9.80 Å². The van der Waals surface area contributed by atoms with E-state index in [4.69, 9.17) is 21.4 Å². The van der Waals surface area contributed by atoms with E-state index in [-0.39, 0.29) is 18.4 Å². The van der Waals surface area contributed by atoms with Gasteiger partial charge in [0.25, 0.3) is 5.91 Å². The average molecular weight is 367 g/mol. The van der Waals surface area contributed by atoms with Crippen LogP contribution in [0.2, 0.25) is 5.02 Å². The molecule has 1 N–H and O–H groups in total. The van der Waals surface area contributed by atoms with E-state index in [1.54, 1.807) is 17.0 Å². The van der Waals surface area contributed by atoms with Crippen LogP contribution in [0.25, 0.3) is 0 Å². The van der Waals surface area contributed by atoms with Crippen molar-refractivity contribution in [3.05, 3.63) is 34.9 Å². The second-order valence-electron chi connectivity index (χ2n) is 6.23. The third kappa shape index (κ3) is 4.11. The van der Waals surface area contributed by atoms with Crippen LogP contribution in [-0.4, -0.2) is 64.5 Å². The fourth-order valence-corrected chi connectivity index (χ4v) is 3.20. The molecular formula is C17H19ClN2O5. The molecule has 2 fully saturated rings. The maximum absolute atomic E-state index is 12.4. The minimum absolute atomic E-state index is 0.00990. The Labute approximate surface area is 150 Å². The third-order valence-corrected chi connectivity index (χ3v) is 4.74. The molecule has 1 aromatic rings. The summed E-state index contributed by atoms with van der Waals surface area (Å²) in [6.07, 6.45) is -1.02. The first kappa shape index (κ1) is 17.7. The van der Waals surface area contributed by atoms with Crippen molar-refractivity contribution in [3.8, 4) is 0 Å². The van der Waals surface area contributed by atoms with Gasteiger partial charge < -0.3 is 19.6 Å². The van der Waals surface area contributed by atoms with E-state index in [1.807, 2.05) is 12.1 Å².